The molecule has 0 spiro atoms. The first-order valence-corrected chi connectivity index (χ1v) is 6.88. The van der Waals surface area contributed by atoms with Gasteiger partial charge in [0.2, 0.25) is 11.8 Å². The van der Waals surface area contributed by atoms with Gasteiger partial charge in [-0.2, -0.15) is 0 Å². The number of rotatable bonds is 5. The first-order chi connectivity index (χ1) is 10.1. The highest BCUT2D eigenvalue weighted by Gasteiger charge is 2.13. The molecule has 0 atom stereocenters. The highest BCUT2D eigenvalue weighted by atomic mass is 16.5. The summed E-state index contributed by atoms with van der Waals surface area (Å²) in [7, 11) is 3.38. The number of methoxy groups -OCH3 is 1. The lowest BCUT2D eigenvalue weighted by Crippen LogP contribution is -2.28. The Morgan fingerprint density at radius 1 is 1.19 bits per heavy atom. The predicted molar refractivity (Wildman–Crippen MR) is 82.1 cm³/mol. The van der Waals surface area contributed by atoms with Crippen molar-refractivity contribution in [3.05, 3.63) is 59.3 Å². The quantitative estimate of drug-likeness (QED) is 0.847. The lowest BCUT2D eigenvalue weighted by Gasteiger charge is -2.19. The van der Waals surface area contributed by atoms with Gasteiger partial charge in [0.05, 0.1) is 20.1 Å². The fourth-order valence-electron chi connectivity index (χ4n) is 2.18. The summed E-state index contributed by atoms with van der Waals surface area (Å²) in [5.74, 6) is 0.642. The van der Waals surface area contributed by atoms with E-state index in [0.29, 0.717) is 18.8 Å². The van der Waals surface area contributed by atoms with Crippen LogP contribution in [-0.4, -0.2) is 29.9 Å². The van der Waals surface area contributed by atoms with Crippen molar-refractivity contribution < 1.29 is 9.53 Å². The van der Waals surface area contributed by atoms with Crippen molar-refractivity contribution in [1.29, 1.82) is 0 Å². The number of carbonyl (C=O) groups is 1. The molecule has 4 nitrogen and oxygen atoms in total. The Bertz CT molecular complexity index is 626. The van der Waals surface area contributed by atoms with Crippen LogP contribution in [0.25, 0.3) is 0 Å². The lowest BCUT2D eigenvalue weighted by atomic mass is 10.1. The van der Waals surface area contributed by atoms with E-state index in [1.165, 1.54) is 0 Å². The number of aromatic nitrogens is 1. The Morgan fingerprint density at radius 2 is 1.90 bits per heavy atom. The largest absolute Gasteiger partial charge is 0.481 e. The second-order valence-electron chi connectivity index (χ2n) is 5.02. The number of nitrogens with zero attached hydrogens (tertiary/aromatic N) is 2. The number of benzene rings is 1. The maximum Gasteiger partial charge on any atom is 0.227 e. The van der Waals surface area contributed by atoms with Gasteiger partial charge in [0.1, 0.15) is 0 Å². The van der Waals surface area contributed by atoms with Gasteiger partial charge in [0, 0.05) is 18.8 Å². The lowest BCUT2D eigenvalue weighted by molar-refractivity contribution is -0.129. The third-order valence-corrected chi connectivity index (χ3v) is 3.48. The summed E-state index contributed by atoms with van der Waals surface area (Å²) in [6.07, 6.45) is 2.09. The minimum Gasteiger partial charge on any atom is -0.481 e. The van der Waals surface area contributed by atoms with Crippen LogP contribution in [0.2, 0.25) is 0 Å². The smallest absolute Gasteiger partial charge is 0.227 e. The van der Waals surface area contributed by atoms with Crippen molar-refractivity contribution in [2.75, 3.05) is 14.2 Å². The van der Waals surface area contributed by atoms with E-state index in [1.807, 2.05) is 43.3 Å². The molecule has 1 aromatic heterocycles. The number of hydrogen-bond donors (Lipinski definition) is 0. The molecule has 0 unspecified atom stereocenters. The van der Waals surface area contributed by atoms with Gasteiger partial charge in [-0.1, -0.05) is 30.3 Å². The average molecular weight is 284 g/mol. The van der Waals surface area contributed by atoms with Gasteiger partial charge in [-0.05, 0) is 24.1 Å². The van der Waals surface area contributed by atoms with Crippen molar-refractivity contribution in [2.45, 2.75) is 19.9 Å². The molecule has 110 valence electrons. The van der Waals surface area contributed by atoms with Crippen LogP contribution >= 0.6 is 0 Å². The van der Waals surface area contributed by atoms with Gasteiger partial charge in [-0.3, -0.25) is 4.79 Å². The Hall–Kier alpha value is -2.36. The molecule has 0 radical (unpaired) electrons. The topological polar surface area (TPSA) is 42.4 Å². The van der Waals surface area contributed by atoms with E-state index in [2.05, 4.69) is 4.98 Å². The Balaban J connectivity index is 2.05. The van der Waals surface area contributed by atoms with Gasteiger partial charge in [0.15, 0.2) is 0 Å². The second kappa shape index (κ2) is 6.88. The second-order valence-corrected chi connectivity index (χ2v) is 5.02. The summed E-state index contributed by atoms with van der Waals surface area (Å²) < 4.78 is 5.21. The van der Waals surface area contributed by atoms with Crippen LogP contribution in [0.3, 0.4) is 0 Å². The number of aryl methyl sites for hydroxylation is 1. The van der Waals surface area contributed by atoms with E-state index in [9.17, 15) is 4.79 Å². The van der Waals surface area contributed by atoms with Gasteiger partial charge >= 0.3 is 0 Å². The SMILES string of the molecule is COc1ncccc1CN(C)C(=O)Cc1ccccc1C. The van der Waals surface area contributed by atoms with Gasteiger partial charge in [-0.25, -0.2) is 4.98 Å². The Morgan fingerprint density at radius 3 is 2.62 bits per heavy atom. The molecule has 0 aliphatic carbocycles. The Kier molecular flexibility index (Phi) is 4.93. The molecule has 0 saturated carbocycles. The molecular formula is C17H20N2O2. The van der Waals surface area contributed by atoms with Gasteiger partial charge < -0.3 is 9.64 Å². The summed E-state index contributed by atoms with van der Waals surface area (Å²) >= 11 is 0. The fraction of sp³-hybridized carbons (Fsp3) is 0.294. The van der Waals surface area contributed by atoms with Crippen molar-refractivity contribution in [3.8, 4) is 5.88 Å². The van der Waals surface area contributed by atoms with E-state index >= 15 is 0 Å². The number of ether oxygens (including phenoxy) is 1. The van der Waals surface area contributed by atoms with Gasteiger partial charge in [0.25, 0.3) is 0 Å². The molecule has 0 aliphatic heterocycles. The van der Waals surface area contributed by atoms with Gasteiger partial charge in [-0.15, -0.1) is 0 Å². The number of pyridine rings is 1. The zero-order valence-corrected chi connectivity index (χ0v) is 12.7. The molecule has 1 aromatic carbocycles. The molecule has 4 heteroatoms. The predicted octanol–water partition coefficient (Wildman–Crippen LogP) is 2.60. The molecule has 1 heterocycles. The van der Waals surface area contributed by atoms with Crippen molar-refractivity contribution >= 4 is 5.91 Å². The summed E-state index contributed by atoms with van der Waals surface area (Å²) in [6.45, 7) is 2.51. The molecule has 0 saturated heterocycles. The highest BCUT2D eigenvalue weighted by molar-refractivity contribution is 5.78. The standard InChI is InChI=1S/C17H20N2O2/c1-13-7-4-5-8-14(13)11-16(20)19(2)12-15-9-6-10-18-17(15)21-3/h4-10H,11-12H2,1-3H3. The number of carbonyl (C=O) groups excluding carboxylic acids is 1. The van der Waals surface area contributed by atoms with Crippen LogP contribution in [0.1, 0.15) is 16.7 Å². The minimum absolute atomic E-state index is 0.0789. The van der Waals surface area contributed by atoms with Crippen molar-refractivity contribution in [2.24, 2.45) is 0 Å². The van der Waals surface area contributed by atoms with Crippen LogP contribution in [0, 0.1) is 6.92 Å². The number of amides is 1. The van der Waals surface area contributed by atoms with Crippen molar-refractivity contribution in [1.82, 2.24) is 9.88 Å². The average Bonchev–Trinajstić information content (AvgIpc) is 2.50. The summed E-state index contributed by atoms with van der Waals surface area (Å²) in [5, 5.41) is 0. The van der Waals surface area contributed by atoms with E-state index in [-0.39, 0.29) is 5.91 Å². The van der Waals surface area contributed by atoms with Crippen LogP contribution in [0.15, 0.2) is 42.6 Å². The normalized spacial score (nSPS) is 10.2. The van der Waals surface area contributed by atoms with E-state index < -0.39 is 0 Å². The van der Waals surface area contributed by atoms with E-state index in [0.717, 1.165) is 16.7 Å². The van der Waals surface area contributed by atoms with Crippen LogP contribution in [0.4, 0.5) is 0 Å². The molecule has 2 rings (SSSR count). The summed E-state index contributed by atoms with van der Waals surface area (Å²) in [5.41, 5.74) is 3.10. The first kappa shape index (κ1) is 15.0. The first-order valence-electron chi connectivity index (χ1n) is 6.88. The molecule has 1 amide bonds. The summed E-state index contributed by atoms with van der Waals surface area (Å²) in [4.78, 5) is 18.2. The zero-order valence-electron chi connectivity index (χ0n) is 12.7. The maximum absolute atomic E-state index is 12.3. The molecule has 0 bridgehead atoms. The monoisotopic (exact) mass is 284 g/mol. The zero-order chi connectivity index (χ0) is 15.2. The van der Waals surface area contributed by atoms with Crippen LogP contribution < -0.4 is 4.74 Å². The molecule has 0 fully saturated rings. The highest BCUT2D eigenvalue weighted by Crippen LogP contribution is 2.16. The third-order valence-electron chi connectivity index (χ3n) is 3.48. The minimum atomic E-state index is 0.0789. The van der Waals surface area contributed by atoms with Crippen LogP contribution in [0.5, 0.6) is 5.88 Å². The summed E-state index contributed by atoms with van der Waals surface area (Å²) in [6, 6.07) is 11.7. The molecular weight excluding hydrogens is 264 g/mol. The van der Waals surface area contributed by atoms with Crippen LogP contribution in [-0.2, 0) is 17.8 Å². The van der Waals surface area contributed by atoms with E-state index in [1.54, 1.807) is 25.3 Å². The maximum atomic E-state index is 12.3. The molecule has 0 aliphatic rings. The Labute approximate surface area is 125 Å². The molecule has 0 N–H and O–H groups in total. The number of likely N-dealkylation sites (N-methyl/N-ethyl adjacent to an activating group) is 1. The third kappa shape index (κ3) is 3.81. The van der Waals surface area contributed by atoms with Crippen molar-refractivity contribution in [3.63, 3.8) is 0 Å². The molecule has 2 aromatic rings. The van der Waals surface area contributed by atoms with E-state index in [4.69, 9.17) is 4.74 Å². The molecule has 21 heavy (non-hydrogen) atoms. The fourth-order valence-corrected chi connectivity index (χ4v) is 2.18. The number of hydrogen-bond acceptors (Lipinski definition) is 3.